The van der Waals surface area contributed by atoms with Crippen molar-refractivity contribution in [1.82, 2.24) is 0 Å². The van der Waals surface area contributed by atoms with Gasteiger partial charge in [-0.05, 0) is 48.7 Å². The van der Waals surface area contributed by atoms with Crippen LogP contribution in [0.3, 0.4) is 0 Å². The average Bonchev–Trinajstić information content (AvgIpc) is 2.39. The average molecular weight is 294 g/mol. The van der Waals surface area contributed by atoms with Gasteiger partial charge >= 0.3 is 0 Å². The fraction of sp³-hybridized carbons (Fsp3) is 0.0769. The van der Waals surface area contributed by atoms with Gasteiger partial charge in [0.2, 0.25) is 0 Å². The monoisotopic (exact) mass is 294 g/mol. The van der Waals surface area contributed by atoms with Crippen LogP contribution < -0.4 is 10.5 Å². The number of nitrogens with two attached hydrogens (primary N) is 1. The molecule has 0 aromatic heterocycles. The van der Waals surface area contributed by atoms with E-state index in [9.17, 15) is 8.42 Å². The molecule has 3 N–H and O–H groups in total. The Bertz CT molecular complexity index is 667. The molecule has 2 rings (SSSR count). The first-order chi connectivity index (χ1) is 9.01. The smallest absolute Gasteiger partial charge is 0.261 e. The maximum Gasteiger partial charge on any atom is 0.261 e. The van der Waals surface area contributed by atoms with E-state index in [0.29, 0.717) is 11.4 Å². The third-order valence-corrected chi connectivity index (χ3v) is 4.63. The predicted octanol–water partition coefficient (Wildman–Crippen LogP) is 2.79. The van der Waals surface area contributed by atoms with E-state index in [1.54, 1.807) is 36.0 Å². The van der Waals surface area contributed by atoms with E-state index in [0.717, 1.165) is 4.90 Å². The van der Waals surface area contributed by atoms with Crippen LogP contribution in [0, 0.1) is 0 Å². The van der Waals surface area contributed by atoms with E-state index >= 15 is 0 Å². The topological polar surface area (TPSA) is 72.2 Å². The minimum absolute atomic E-state index is 0.191. The summed E-state index contributed by atoms with van der Waals surface area (Å²) < 4.78 is 26.9. The zero-order valence-corrected chi connectivity index (χ0v) is 12.0. The van der Waals surface area contributed by atoms with Crippen LogP contribution in [0.1, 0.15) is 0 Å². The van der Waals surface area contributed by atoms with Crippen LogP contribution in [-0.4, -0.2) is 14.7 Å². The van der Waals surface area contributed by atoms with Crippen molar-refractivity contribution < 1.29 is 8.42 Å². The highest BCUT2D eigenvalue weighted by Gasteiger charge is 2.13. The minimum Gasteiger partial charge on any atom is -0.399 e. The quantitative estimate of drug-likeness (QED) is 0.672. The first-order valence-corrected chi connectivity index (χ1v) is 8.24. The third-order valence-electron chi connectivity index (χ3n) is 2.51. The van der Waals surface area contributed by atoms with E-state index in [4.69, 9.17) is 5.73 Å². The summed E-state index contributed by atoms with van der Waals surface area (Å²) in [6.45, 7) is 0. The molecule has 2 aromatic carbocycles. The molecule has 6 heteroatoms. The molecule has 19 heavy (non-hydrogen) atoms. The van der Waals surface area contributed by atoms with Gasteiger partial charge in [0.05, 0.1) is 4.90 Å². The standard InChI is InChI=1S/C13H14N2O2S2/c1-18-12-4-2-3-11(9-12)15-19(16,17)13-7-5-10(14)6-8-13/h2-9,15H,14H2,1H3. The summed E-state index contributed by atoms with van der Waals surface area (Å²) in [6.07, 6.45) is 1.94. The van der Waals surface area contributed by atoms with Gasteiger partial charge in [-0.2, -0.15) is 0 Å². The molecular formula is C13H14N2O2S2. The van der Waals surface area contributed by atoms with Gasteiger partial charge in [-0.3, -0.25) is 4.72 Å². The molecular weight excluding hydrogens is 280 g/mol. The molecule has 0 heterocycles. The van der Waals surface area contributed by atoms with Gasteiger partial charge in [0.15, 0.2) is 0 Å². The highest BCUT2D eigenvalue weighted by molar-refractivity contribution is 7.98. The maximum absolute atomic E-state index is 12.2. The molecule has 0 unspecified atom stereocenters. The number of rotatable bonds is 4. The van der Waals surface area contributed by atoms with Gasteiger partial charge in [0.1, 0.15) is 0 Å². The maximum atomic E-state index is 12.2. The summed E-state index contributed by atoms with van der Waals surface area (Å²) >= 11 is 1.56. The van der Waals surface area contributed by atoms with Crippen LogP contribution >= 0.6 is 11.8 Å². The van der Waals surface area contributed by atoms with E-state index in [-0.39, 0.29) is 4.90 Å². The first kappa shape index (κ1) is 13.8. The summed E-state index contributed by atoms with van der Waals surface area (Å²) in [5.74, 6) is 0. The zero-order chi connectivity index (χ0) is 13.9. The van der Waals surface area contributed by atoms with Gasteiger partial charge in [-0.15, -0.1) is 11.8 Å². The Balaban J connectivity index is 2.28. The third kappa shape index (κ3) is 3.42. The summed E-state index contributed by atoms with van der Waals surface area (Å²) in [4.78, 5) is 1.19. The number of anilines is 2. The van der Waals surface area contributed by atoms with Gasteiger partial charge in [-0.25, -0.2) is 8.42 Å². The number of sulfonamides is 1. The lowest BCUT2D eigenvalue weighted by molar-refractivity contribution is 0.601. The van der Waals surface area contributed by atoms with Gasteiger partial charge < -0.3 is 5.73 Å². The Hall–Kier alpha value is -1.66. The molecule has 0 radical (unpaired) electrons. The molecule has 2 aromatic rings. The van der Waals surface area contributed by atoms with Crippen molar-refractivity contribution in [3.8, 4) is 0 Å². The lowest BCUT2D eigenvalue weighted by atomic mass is 10.3. The Labute approximate surface area is 117 Å². The van der Waals surface area contributed by atoms with Gasteiger partial charge in [-0.1, -0.05) is 6.07 Å². The van der Waals surface area contributed by atoms with Crippen LogP contribution in [0.5, 0.6) is 0 Å². The number of hydrogen-bond acceptors (Lipinski definition) is 4. The molecule has 0 aliphatic carbocycles. The second-order valence-corrected chi connectivity index (χ2v) is 6.47. The molecule has 0 bridgehead atoms. The second kappa shape index (κ2) is 5.54. The van der Waals surface area contributed by atoms with Crippen LogP contribution in [0.15, 0.2) is 58.3 Å². The zero-order valence-electron chi connectivity index (χ0n) is 10.3. The van der Waals surface area contributed by atoms with Gasteiger partial charge in [0.25, 0.3) is 10.0 Å². The summed E-state index contributed by atoms with van der Waals surface area (Å²) in [7, 11) is -3.57. The van der Waals surface area contributed by atoms with Crippen molar-refractivity contribution >= 4 is 33.2 Å². The van der Waals surface area contributed by atoms with Gasteiger partial charge in [0, 0.05) is 16.3 Å². The number of hydrogen-bond donors (Lipinski definition) is 2. The minimum atomic E-state index is -3.57. The Kier molecular flexibility index (Phi) is 4.01. The molecule has 0 fully saturated rings. The highest BCUT2D eigenvalue weighted by Crippen LogP contribution is 2.22. The van der Waals surface area contributed by atoms with Crippen molar-refractivity contribution in [3.05, 3.63) is 48.5 Å². The molecule has 0 saturated carbocycles. The Morgan fingerprint density at radius 3 is 2.42 bits per heavy atom. The van der Waals surface area contributed by atoms with Crippen LogP contribution in [0.4, 0.5) is 11.4 Å². The van der Waals surface area contributed by atoms with Crippen molar-refractivity contribution in [2.75, 3.05) is 16.7 Å². The number of benzene rings is 2. The van der Waals surface area contributed by atoms with E-state index in [1.165, 1.54) is 12.1 Å². The lowest BCUT2D eigenvalue weighted by Crippen LogP contribution is -2.12. The fourth-order valence-corrected chi connectivity index (χ4v) is 3.06. The molecule has 0 amide bonds. The molecule has 0 aliphatic rings. The fourth-order valence-electron chi connectivity index (χ4n) is 1.55. The van der Waals surface area contributed by atoms with Crippen molar-refractivity contribution in [3.63, 3.8) is 0 Å². The van der Waals surface area contributed by atoms with E-state index in [1.807, 2.05) is 18.4 Å². The van der Waals surface area contributed by atoms with Crippen molar-refractivity contribution in [2.45, 2.75) is 9.79 Å². The number of nitrogen functional groups attached to an aromatic ring is 1. The first-order valence-electron chi connectivity index (χ1n) is 5.54. The predicted molar refractivity (Wildman–Crippen MR) is 79.9 cm³/mol. The molecule has 0 aliphatic heterocycles. The summed E-state index contributed by atoms with van der Waals surface area (Å²) in [5, 5.41) is 0. The summed E-state index contributed by atoms with van der Waals surface area (Å²) in [6, 6.07) is 13.3. The molecule has 0 saturated heterocycles. The van der Waals surface area contributed by atoms with E-state index in [2.05, 4.69) is 4.72 Å². The second-order valence-electron chi connectivity index (χ2n) is 3.91. The molecule has 100 valence electrons. The van der Waals surface area contributed by atoms with Crippen molar-refractivity contribution in [2.24, 2.45) is 0 Å². The number of thioether (sulfide) groups is 1. The SMILES string of the molecule is CSc1cccc(NS(=O)(=O)c2ccc(N)cc2)c1. The largest absolute Gasteiger partial charge is 0.399 e. The van der Waals surface area contributed by atoms with Crippen molar-refractivity contribution in [1.29, 1.82) is 0 Å². The Morgan fingerprint density at radius 2 is 1.79 bits per heavy atom. The van der Waals surface area contributed by atoms with Crippen LogP contribution in [0.2, 0.25) is 0 Å². The molecule has 0 atom stereocenters. The number of nitrogens with one attached hydrogen (secondary N) is 1. The molecule has 4 nitrogen and oxygen atoms in total. The van der Waals surface area contributed by atoms with Crippen LogP contribution in [-0.2, 0) is 10.0 Å². The molecule has 0 spiro atoms. The van der Waals surface area contributed by atoms with E-state index < -0.39 is 10.0 Å². The van der Waals surface area contributed by atoms with Crippen LogP contribution in [0.25, 0.3) is 0 Å². The highest BCUT2D eigenvalue weighted by atomic mass is 32.2. The lowest BCUT2D eigenvalue weighted by Gasteiger charge is -2.09. The normalized spacial score (nSPS) is 11.2. The Morgan fingerprint density at radius 1 is 1.11 bits per heavy atom. The summed E-state index contributed by atoms with van der Waals surface area (Å²) in [5.41, 5.74) is 6.62.